The minimum atomic E-state index is 0.142. The van der Waals surface area contributed by atoms with E-state index in [1.54, 1.807) is 6.92 Å². The van der Waals surface area contributed by atoms with Crippen LogP contribution in [0, 0.1) is 5.92 Å². The monoisotopic (exact) mass is 246 g/mol. The van der Waals surface area contributed by atoms with Crippen LogP contribution in [0.5, 0.6) is 0 Å². The number of rotatable bonds is 1. The number of carbonyl (C=O) groups excluding carboxylic acids is 1. The molecule has 0 heterocycles. The molecule has 0 aliphatic heterocycles. The molecule has 0 aromatic heterocycles. The molecule has 0 aromatic carbocycles. The summed E-state index contributed by atoms with van der Waals surface area (Å²) in [6.07, 6.45) is 12.0. The van der Waals surface area contributed by atoms with E-state index in [9.17, 15) is 4.79 Å². The molecule has 1 heteroatoms. The molecule has 1 rings (SSSR count). The lowest BCUT2D eigenvalue weighted by Crippen LogP contribution is -2.12. The Bertz CT molecular complexity index is 382. The van der Waals surface area contributed by atoms with Crippen LogP contribution < -0.4 is 0 Å². The maximum Gasteiger partial charge on any atom is 0.136 e. The minimum Gasteiger partial charge on any atom is -0.299 e. The van der Waals surface area contributed by atoms with Gasteiger partial charge in [-0.1, -0.05) is 41.4 Å². The first-order valence-electron chi connectivity index (χ1n) is 7.02. The topological polar surface area (TPSA) is 17.1 Å². The number of hydrogen-bond donors (Lipinski definition) is 0. The van der Waals surface area contributed by atoms with Crippen LogP contribution in [0.1, 0.15) is 59.8 Å². The molecule has 1 atom stereocenters. The van der Waals surface area contributed by atoms with Gasteiger partial charge in [0.25, 0.3) is 0 Å². The maximum absolute atomic E-state index is 11.7. The van der Waals surface area contributed by atoms with E-state index < -0.39 is 0 Å². The van der Waals surface area contributed by atoms with Crippen molar-refractivity contribution in [3.8, 4) is 0 Å². The Morgan fingerprint density at radius 3 is 2.61 bits per heavy atom. The minimum absolute atomic E-state index is 0.142. The molecule has 0 N–H and O–H groups in total. The summed E-state index contributed by atoms with van der Waals surface area (Å²) in [5, 5.41) is 0. The van der Waals surface area contributed by atoms with Gasteiger partial charge >= 0.3 is 0 Å². The van der Waals surface area contributed by atoms with Gasteiger partial charge in [0.15, 0.2) is 0 Å². The molecule has 0 amide bonds. The Morgan fingerprint density at radius 2 is 1.94 bits per heavy atom. The van der Waals surface area contributed by atoms with Gasteiger partial charge in [0, 0.05) is 5.92 Å². The summed E-state index contributed by atoms with van der Waals surface area (Å²) in [5.74, 6) is 0.455. The zero-order valence-electron chi connectivity index (χ0n) is 12.3. The molecule has 1 aliphatic carbocycles. The SMILES string of the molecule is CC(=O)C1CCCC/C(C)=C(C)\C=C\CC=C1C. The highest BCUT2D eigenvalue weighted by molar-refractivity contribution is 5.81. The van der Waals surface area contributed by atoms with Gasteiger partial charge in [-0.25, -0.2) is 0 Å². The summed E-state index contributed by atoms with van der Waals surface area (Å²) in [4.78, 5) is 11.7. The second kappa shape index (κ2) is 7.35. The van der Waals surface area contributed by atoms with E-state index in [0.717, 1.165) is 25.7 Å². The van der Waals surface area contributed by atoms with E-state index in [2.05, 4.69) is 39.0 Å². The first-order chi connectivity index (χ1) is 8.52. The van der Waals surface area contributed by atoms with Crippen molar-refractivity contribution >= 4 is 5.78 Å². The highest BCUT2D eigenvalue weighted by atomic mass is 16.1. The van der Waals surface area contributed by atoms with Crippen LogP contribution in [-0.2, 0) is 4.79 Å². The van der Waals surface area contributed by atoms with Crippen molar-refractivity contribution in [3.05, 3.63) is 34.9 Å². The molecule has 100 valence electrons. The van der Waals surface area contributed by atoms with Gasteiger partial charge in [0.2, 0.25) is 0 Å². The Morgan fingerprint density at radius 1 is 1.22 bits per heavy atom. The average molecular weight is 246 g/mol. The van der Waals surface area contributed by atoms with E-state index in [4.69, 9.17) is 0 Å². The van der Waals surface area contributed by atoms with E-state index >= 15 is 0 Å². The van der Waals surface area contributed by atoms with Crippen molar-refractivity contribution in [2.75, 3.05) is 0 Å². The van der Waals surface area contributed by atoms with Crippen LogP contribution in [0.25, 0.3) is 0 Å². The summed E-state index contributed by atoms with van der Waals surface area (Å²) in [5.41, 5.74) is 4.11. The van der Waals surface area contributed by atoms with Crippen molar-refractivity contribution in [1.29, 1.82) is 0 Å². The lowest BCUT2D eigenvalue weighted by Gasteiger charge is -2.15. The van der Waals surface area contributed by atoms with Crippen LogP contribution in [0.4, 0.5) is 0 Å². The van der Waals surface area contributed by atoms with Gasteiger partial charge in [-0.15, -0.1) is 0 Å². The van der Waals surface area contributed by atoms with Gasteiger partial charge < -0.3 is 0 Å². The summed E-state index contributed by atoms with van der Waals surface area (Å²) in [7, 11) is 0. The molecule has 0 radical (unpaired) electrons. The van der Waals surface area contributed by atoms with Crippen LogP contribution in [-0.4, -0.2) is 5.78 Å². The maximum atomic E-state index is 11.7. The third-order valence-electron chi connectivity index (χ3n) is 3.95. The molecule has 0 aromatic rings. The quantitative estimate of drug-likeness (QED) is 0.595. The molecule has 0 fully saturated rings. The fraction of sp³-hybridized carbons (Fsp3) is 0.588. The molecule has 1 aliphatic rings. The summed E-state index contributed by atoms with van der Waals surface area (Å²) >= 11 is 0. The normalized spacial score (nSPS) is 28.9. The Balaban J connectivity index is 2.84. The molecule has 0 saturated heterocycles. The van der Waals surface area contributed by atoms with Gasteiger partial charge in [-0.3, -0.25) is 4.79 Å². The molecule has 0 bridgehead atoms. The second-order valence-electron chi connectivity index (χ2n) is 5.46. The van der Waals surface area contributed by atoms with Crippen molar-refractivity contribution in [2.24, 2.45) is 5.92 Å². The molecule has 0 spiro atoms. The molecule has 18 heavy (non-hydrogen) atoms. The molecular formula is C17H26O. The van der Waals surface area contributed by atoms with Gasteiger partial charge in [-0.2, -0.15) is 0 Å². The summed E-state index contributed by atoms with van der Waals surface area (Å²) < 4.78 is 0. The lowest BCUT2D eigenvalue weighted by molar-refractivity contribution is -0.119. The average Bonchev–Trinajstić information content (AvgIpc) is 2.31. The first kappa shape index (κ1) is 14.9. The Hall–Kier alpha value is -1.11. The molecule has 1 nitrogen and oxygen atoms in total. The highest BCUT2D eigenvalue weighted by Crippen LogP contribution is 2.23. The highest BCUT2D eigenvalue weighted by Gasteiger charge is 2.15. The largest absolute Gasteiger partial charge is 0.299 e. The van der Waals surface area contributed by atoms with Crippen molar-refractivity contribution in [2.45, 2.75) is 59.8 Å². The number of hydrogen-bond acceptors (Lipinski definition) is 1. The Kier molecular flexibility index (Phi) is 6.11. The van der Waals surface area contributed by atoms with Crippen LogP contribution in [0.2, 0.25) is 0 Å². The van der Waals surface area contributed by atoms with Gasteiger partial charge in [0.05, 0.1) is 0 Å². The van der Waals surface area contributed by atoms with Crippen LogP contribution in [0.15, 0.2) is 34.9 Å². The van der Waals surface area contributed by atoms with Gasteiger partial charge in [-0.05, 0) is 53.4 Å². The first-order valence-corrected chi connectivity index (χ1v) is 7.02. The second-order valence-corrected chi connectivity index (χ2v) is 5.46. The third-order valence-corrected chi connectivity index (χ3v) is 3.95. The zero-order chi connectivity index (χ0) is 13.5. The molecule has 1 unspecified atom stereocenters. The lowest BCUT2D eigenvalue weighted by atomic mass is 9.89. The van der Waals surface area contributed by atoms with E-state index in [-0.39, 0.29) is 5.92 Å². The van der Waals surface area contributed by atoms with E-state index in [1.807, 2.05) is 0 Å². The fourth-order valence-electron chi connectivity index (χ4n) is 2.47. The fourth-order valence-corrected chi connectivity index (χ4v) is 2.47. The summed E-state index contributed by atoms with van der Waals surface area (Å²) in [6, 6.07) is 0. The predicted molar refractivity (Wildman–Crippen MR) is 78.5 cm³/mol. The molecule has 0 saturated carbocycles. The van der Waals surface area contributed by atoms with Gasteiger partial charge in [0.1, 0.15) is 5.78 Å². The zero-order valence-corrected chi connectivity index (χ0v) is 12.3. The van der Waals surface area contributed by atoms with E-state index in [1.165, 1.54) is 23.1 Å². The summed E-state index contributed by atoms with van der Waals surface area (Å²) in [6.45, 7) is 8.22. The predicted octanol–water partition coefficient (Wildman–Crippen LogP) is 4.99. The van der Waals surface area contributed by atoms with E-state index in [0.29, 0.717) is 5.78 Å². The van der Waals surface area contributed by atoms with Crippen LogP contribution >= 0.6 is 0 Å². The number of carbonyl (C=O) groups is 1. The van der Waals surface area contributed by atoms with Crippen LogP contribution in [0.3, 0.4) is 0 Å². The smallest absolute Gasteiger partial charge is 0.136 e. The Labute approximate surface area is 112 Å². The van der Waals surface area contributed by atoms with Crippen molar-refractivity contribution in [1.82, 2.24) is 0 Å². The van der Waals surface area contributed by atoms with Crippen molar-refractivity contribution < 1.29 is 4.79 Å². The number of allylic oxidation sites excluding steroid dienone is 6. The standard InChI is InChI=1S/C17H26O/c1-13-9-5-6-11-15(3)17(16(4)18)12-8-7-10-14(13)2/h5,9,11,17H,6-8,10,12H2,1-4H3/b9-5+,14-13-,15-11?. The third kappa shape index (κ3) is 4.64. The van der Waals surface area contributed by atoms with Crippen molar-refractivity contribution in [3.63, 3.8) is 0 Å². The number of Topliss-reactive ketones (excluding diaryl/α,β-unsaturated/α-hetero) is 1. The molecular weight excluding hydrogens is 220 g/mol. The number of ketones is 1.